The Kier molecular flexibility index (Phi) is 5.66. The number of phenolic OH excluding ortho intramolecular Hbond substituents is 1. The molecule has 0 fully saturated rings. The molecule has 3 aromatic carbocycles. The van der Waals surface area contributed by atoms with Gasteiger partial charge in [0, 0.05) is 29.9 Å². The zero-order valence-corrected chi connectivity index (χ0v) is 17.0. The van der Waals surface area contributed by atoms with Crippen LogP contribution in [0, 0.1) is 6.92 Å². The van der Waals surface area contributed by atoms with E-state index in [-0.39, 0.29) is 30.7 Å². The van der Waals surface area contributed by atoms with E-state index < -0.39 is 0 Å². The van der Waals surface area contributed by atoms with E-state index in [2.05, 4.69) is 20.2 Å². The van der Waals surface area contributed by atoms with Gasteiger partial charge in [0.1, 0.15) is 11.6 Å². The quantitative estimate of drug-likeness (QED) is 0.422. The summed E-state index contributed by atoms with van der Waals surface area (Å²) in [6.45, 7) is 2.51. The van der Waals surface area contributed by atoms with Gasteiger partial charge < -0.3 is 15.7 Å². The van der Waals surface area contributed by atoms with Crippen molar-refractivity contribution in [3.63, 3.8) is 0 Å². The van der Waals surface area contributed by atoms with Gasteiger partial charge >= 0.3 is 0 Å². The highest BCUT2D eigenvalue weighted by atomic mass is 16.3. The number of hydrogen-bond acceptors (Lipinski definition) is 4. The summed E-state index contributed by atoms with van der Waals surface area (Å²) in [6.07, 6.45) is 0. The first-order chi connectivity index (χ1) is 15.0. The van der Waals surface area contributed by atoms with Crippen molar-refractivity contribution in [1.82, 2.24) is 20.2 Å². The molecule has 1 heterocycles. The SMILES string of the molecule is Cc1nc2cc(C(=O)NCCNC(=O)c3ccc(O)cc3)ccc2n1-c1ccccc1. The second kappa shape index (κ2) is 8.71. The molecule has 0 saturated carbocycles. The van der Waals surface area contributed by atoms with Crippen molar-refractivity contribution in [3.05, 3.63) is 89.7 Å². The van der Waals surface area contributed by atoms with Crippen LogP contribution in [0.5, 0.6) is 5.75 Å². The van der Waals surface area contributed by atoms with Crippen LogP contribution in [0.3, 0.4) is 0 Å². The van der Waals surface area contributed by atoms with Gasteiger partial charge in [-0.05, 0) is 61.5 Å². The predicted molar refractivity (Wildman–Crippen MR) is 119 cm³/mol. The van der Waals surface area contributed by atoms with Crippen LogP contribution in [-0.4, -0.2) is 39.6 Å². The molecule has 0 radical (unpaired) electrons. The minimum absolute atomic E-state index is 0.101. The van der Waals surface area contributed by atoms with Crippen LogP contribution in [-0.2, 0) is 0 Å². The van der Waals surface area contributed by atoms with Crippen molar-refractivity contribution in [3.8, 4) is 11.4 Å². The van der Waals surface area contributed by atoms with Crippen molar-refractivity contribution in [2.75, 3.05) is 13.1 Å². The number of fused-ring (bicyclic) bond motifs is 1. The van der Waals surface area contributed by atoms with Gasteiger partial charge in [-0.2, -0.15) is 0 Å². The highest BCUT2D eigenvalue weighted by Gasteiger charge is 2.13. The maximum atomic E-state index is 12.5. The lowest BCUT2D eigenvalue weighted by molar-refractivity contribution is 0.0927. The van der Waals surface area contributed by atoms with Crippen LogP contribution in [0.2, 0.25) is 0 Å². The number of carbonyl (C=O) groups is 2. The maximum Gasteiger partial charge on any atom is 0.251 e. The third kappa shape index (κ3) is 4.40. The number of benzene rings is 3. The number of imidazole rings is 1. The Bertz CT molecular complexity index is 1230. The summed E-state index contributed by atoms with van der Waals surface area (Å²) in [5.74, 6) is 0.450. The van der Waals surface area contributed by atoms with Gasteiger partial charge in [-0.15, -0.1) is 0 Å². The van der Waals surface area contributed by atoms with Crippen LogP contribution in [0.25, 0.3) is 16.7 Å². The Labute approximate surface area is 179 Å². The maximum absolute atomic E-state index is 12.5. The van der Waals surface area contributed by atoms with Crippen LogP contribution in [0.15, 0.2) is 72.8 Å². The number of phenols is 1. The average Bonchev–Trinajstić information content (AvgIpc) is 3.12. The highest BCUT2D eigenvalue weighted by molar-refractivity contribution is 5.98. The van der Waals surface area contributed by atoms with E-state index in [1.165, 1.54) is 24.3 Å². The van der Waals surface area contributed by atoms with Crippen molar-refractivity contribution in [1.29, 1.82) is 0 Å². The molecule has 1 aromatic heterocycles. The smallest absolute Gasteiger partial charge is 0.251 e. The second-order valence-electron chi connectivity index (χ2n) is 7.09. The minimum Gasteiger partial charge on any atom is -0.508 e. The number of para-hydroxylation sites is 1. The Balaban J connectivity index is 1.38. The van der Waals surface area contributed by atoms with Gasteiger partial charge in [0.05, 0.1) is 11.0 Å². The molecular weight excluding hydrogens is 392 g/mol. The molecule has 3 N–H and O–H groups in total. The molecule has 0 saturated heterocycles. The molecule has 0 aliphatic rings. The topological polar surface area (TPSA) is 96.2 Å². The van der Waals surface area contributed by atoms with E-state index in [0.29, 0.717) is 11.1 Å². The Morgan fingerprint density at radius 2 is 1.48 bits per heavy atom. The molecule has 0 bridgehead atoms. The van der Waals surface area contributed by atoms with Gasteiger partial charge in [-0.3, -0.25) is 14.2 Å². The number of nitrogens with zero attached hydrogens (tertiary/aromatic N) is 2. The standard InChI is InChI=1S/C24H22N4O3/c1-16-27-21-15-18(9-12-22(21)28(16)19-5-3-2-4-6-19)24(31)26-14-13-25-23(30)17-7-10-20(29)11-8-17/h2-12,15,29H,13-14H2,1H3,(H,25,30)(H,26,31). The van der Waals surface area contributed by atoms with Gasteiger partial charge in [-0.25, -0.2) is 4.98 Å². The van der Waals surface area contributed by atoms with Crippen molar-refractivity contribution in [2.24, 2.45) is 0 Å². The normalized spacial score (nSPS) is 10.7. The van der Waals surface area contributed by atoms with Gasteiger partial charge in [0.2, 0.25) is 0 Å². The number of aryl methyl sites for hydroxylation is 1. The first-order valence-corrected chi connectivity index (χ1v) is 9.93. The van der Waals surface area contributed by atoms with Gasteiger partial charge in [-0.1, -0.05) is 18.2 Å². The lowest BCUT2D eigenvalue weighted by Crippen LogP contribution is -2.34. The molecule has 0 aliphatic carbocycles. The number of aromatic hydroxyl groups is 1. The number of amides is 2. The zero-order chi connectivity index (χ0) is 21.8. The van der Waals surface area contributed by atoms with Gasteiger partial charge in [0.15, 0.2) is 0 Å². The summed E-state index contributed by atoms with van der Waals surface area (Å²) >= 11 is 0. The van der Waals surface area contributed by atoms with Crippen LogP contribution < -0.4 is 10.6 Å². The van der Waals surface area contributed by atoms with E-state index >= 15 is 0 Å². The summed E-state index contributed by atoms with van der Waals surface area (Å²) in [5, 5.41) is 14.8. The molecule has 156 valence electrons. The third-order valence-electron chi connectivity index (χ3n) is 4.92. The first-order valence-electron chi connectivity index (χ1n) is 9.93. The largest absolute Gasteiger partial charge is 0.508 e. The summed E-state index contributed by atoms with van der Waals surface area (Å²) in [4.78, 5) is 29.2. The van der Waals surface area contributed by atoms with Gasteiger partial charge in [0.25, 0.3) is 11.8 Å². The molecule has 0 atom stereocenters. The number of rotatable bonds is 6. The molecule has 7 heteroatoms. The Hall–Kier alpha value is -4.13. The lowest BCUT2D eigenvalue weighted by atomic mass is 10.2. The number of nitrogens with one attached hydrogen (secondary N) is 2. The van der Waals surface area contributed by atoms with Crippen LogP contribution in [0.1, 0.15) is 26.5 Å². The Morgan fingerprint density at radius 1 is 0.871 bits per heavy atom. The predicted octanol–water partition coefficient (Wildman–Crippen LogP) is 3.20. The fourth-order valence-corrected chi connectivity index (χ4v) is 3.41. The first kappa shape index (κ1) is 20.2. The van der Waals surface area contributed by atoms with E-state index in [9.17, 15) is 14.7 Å². The molecule has 4 aromatic rings. The third-order valence-corrected chi connectivity index (χ3v) is 4.92. The molecule has 0 aliphatic heterocycles. The molecule has 31 heavy (non-hydrogen) atoms. The lowest BCUT2D eigenvalue weighted by Gasteiger charge is -2.08. The number of hydrogen-bond donors (Lipinski definition) is 3. The van der Waals surface area contributed by atoms with Crippen molar-refractivity contribution >= 4 is 22.8 Å². The number of carbonyl (C=O) groups excluding carboxylic acids is 2. The van der Waals surface area contributed by atoms with Crippen molar-refractivity contribution < 1.29 is 14.7 Å². The van der Waals surface area contributed by atoms with E-state index in [1.54, 1.807) is 12.1 Å². The number of aromatic nitrogens is 2. The van der Waals surface area contributed by atoms with Crippen LogP contribution >= 0.6 is 0 Å². The molecule has 4 rings (SSSR count). The van der Waals surface area contributed by atoms with E-state index in [1.807, 2.05) is 43.3 Å². The Morgan fingerprint density at radius 3 is 2.16 bits per heavy atom. The zero-order valence-electron chi connectivity index (χ0n) is 17.0. The van der Waals surface area contributed by atoms with E-state index in [0.717, 1.165) is 22.5 Å². The fraction of sp³-hybridized carbons (Fsp3) is 0.125. The fourth-order valence-electron chi connectivity index (χ4n) is 3.41. The summed E-state index contributed by atoms with van der Waals surface area (Å²) in [7, 11) is 0. The molecule has 0 spiro atoms. The monoisotopic (exact) mass is 414 g/mol. The minimum atomic E-state index is -0.266. The second-order valence-corrected chi connectivity index (χ2v) is 7.09. The highest BCUT2D eigenvalue weighted by Crippen LogP contribution is 2.22. The van der Waals surface area contributed by atoms with E-state index in [4.69, 9.17) is 0 Å². The summed E-state index contributed by atoms with van der Waals surface area (Å²) in [5.41, 5.74) is 3.65. The summed E-state index contributed by atoms with van der Waals surface area (Å²) < 4.78 is 2.05. The molecule has 0 unspecified atom stereocenters. The molecule has 2 amide bonds. The molecule has 7 nitrogen and oxygen atoms in total. The molecular formula is C24H22N4O3. The average molecular weight is 414 g/mol. The summed E-state index contributed by atoms with van der Waals surface area (Å²) in [6, 6.07) is 21.4. The van der Waals surface area contributed by atoms with Crippen molar-refractivity contribution in [2.45, 2.75) is 6.92 Å². The van der Waals surface area contributed by atoms with Crippen LogP contribution in [0.4, 0.5) is 0 Å².